The van der Waals surface area contributed by atoms with Gasteiger partial charge in [-0.25, -0.2) is 8.42 Å². The van der Waals surface area contributed by atoms with Crippen LogP contribution in [0.15, 0.2) is 76.1 Å². The van der Waals surface area contributed by atoms with Gasteiger partial charge in [-0.1, -0.05) is 50.6 Å². The van der Waals surface area contributed by atoms with E-state index in [-0.39, 0.29) is 23.3 Å². The number of carbonyl (C=O) groups excluding carboxylic acids is 2. The number of aryl methyl sites for hydroxylation is 1. The molecule has 9 nitrogen and oxygen atoms in total. The molecule has 0 aromatic heterocycles. The Morgan fingerprint density at radius 2 is 1.60 bits per heavy atom. The van der Waals surface area contributed by atoms with Gasteiger partial charge in [0.2, 0.25) is 11.8 Å². The minimum Gasteiger partial charge on any atom is -0.497 e. The molecule has 3 rings (SSSR count). The largest absolute Gasteiger partial charge is 0.497 e. The van der Waals surface area contributed by atoms with E-state index in [1.807, 2.05) is 39.8 Å². The van der Waals surface area contributed by atoms with E-state index < -0.39 is 28.5 Å². The van der Waals surface area contributed by atoms with Crippen LogP contribution in [0.3, 0.4) is 0 Å². The molecule has 1 N–H and O–H groups in total. The summed E-state index contributed by atoms with van der Waals surface area (Å²) in [5.41, 5.74) is 2.04. The average Bonchev–Trinajstić information content (AvgIpc) is 2.99. The molecular weight excluding hydrogens is 634 g/mol. The smallest absolute Gasteiger partial charge is 0.264 e. The number of ether oxygens (including phenoxy) is 2. The van der Waals surface area contributed by atoms with Crippen molar-refractivity contribution in [2.75, 3.05) is 31.6 Å². The van der Waals surface area contributed by atoms with Crippen molar-refractivity contribution in [1.82, 2.24) is 10.2 Å². The van der Waals surface area contributed by atoms with Crippen LogP contribution in [0.5, 0.6) is 11.5 Å². The van der Waals surface area contributed by atoms with Gasteiger partial charge in [-0.15, -0.1) is 0 Å². The Bertz CT molecular complexity index is 1490. The number of methoxy groups -OCH3 is 2. The highest BCUT2D eigenvalue weighted by molar-refractivity contribution is 9.10. The predicted octanol–water partition coefficient (Wildman–Crippen LogP) is 5.55. The third-order valence-electron chi connectivity index (χ3n) is 6.89. The number of hydrogen-bond donors (Lipinski definition) is 1. The third kappa shape index (κ3) is 8.73. The summed E-state index contributed by atoms with van der Waals surface area (Å²) < 4.78 is 40.3. The van der Waals surface area contributed by atoms with Crippen LogP contribution >= 0.6 is 15.9 Å². The number of anilines is 1. The Balaban J connectivity index is 2.06. The zero-order chi connectivity index (χ0) is 31.7. The summed E-state index contributed by atoms with van der Waals surface area (Å²) in [6, 6.07) is 17.7. The minimum absolute atomic E-state index is 0.0167. The van der Waals surface area contributed by atoms with Gasteiger partial charge < -0.3 is 19.7 Å². The molecule has 1 atom stereocenters. The summed E-state index contributed by atoms with van der Waals surface area (Å²) in [5.74, 6) is 0.547. The summed E-state index contributed by atoms with van der Waals surface area (Å²) in [7, 11) is -1.16. The Hall–Kier alpha value is -3.57. The van der Waals surface area contributed by atoms with Crippen LogP contribution in [-0.2, 0) is 26.2 Å². The number of hydrogen-bond acceptors (Lipinski definition) is 6. The second-order valence-corrected chi connectivity index (χ2v) is 13.3. The molecule has 0 unspecified atom stereocenters. The minimum atomic E-state index is -4.22. The second-order valence-electron chi connectivity index (χ2n) is 10.6. The highest BCUT2D eigenvalue weighted by Gasteiger charge is 2.34. The second kappa shape index (κ2) is 15.2. The van der Waals surface area contributed by atoms with Crippen LogP contribution in [0.25, 0.3) is 0 Å². The molecule has 43 heavy (non-hydrogen) atoms. The Morgan fingerprint density at radius 1 is 0.953 bits per heavy atom. The van der Waals surface area contributed by atoms with Gasteiger partial charge in [-0.3, -0.25) is 13.9 Å². The van der Waals surface area contributed by atoms with Crippen LogP contribution in [0, 0.1) is 12.8 Å². The Labute approximate surface area is 263 Å². The third-order valence-corrected chi connectivity index (χ3v) is 9.28. The zero-order valence-corrected chi connectivity index (χ0v) is 27.9. The molecule has 0 fully saturated rings. The number of carbonyl (C=O) groups is 2. The number of sulfonamides is 1. The van der Waals surface area contributed by atoms with Gasteiger partial charge in [-0.05, 0) is 83.2 Å². The van der Waals surface area contributed by atoms with Gasteiger partial charge in [0.1, 0.15) is 24.1 Å². The fourth-order valence-corrected chi connectivity index (χ4v) is 6.58. The van der Waals surface area contributed by atoms with Crippen LogP contribution in [0.2, 0.25) is 0 Å². The number of nitrogens with zero attached hydrogens (tertiary/aromatic N) is 2. The molecule has 0 bridgehead atoms. The molecule has 3 aromatic rings. The van der Waals surface area contributed by atoms with Crippen molar-refractivity contribution in [2.45, 2.75) is 51.6 Å². The lowest BCUT2D eigenvalue weighted by Crippen LogP contribution is -2.52. The molecule has 0 aliphatic heterocycles. The van der Waals surface area contributed by atoms with Crippen LogP contribution in [0.4, 0.5) is 5.69 Å². The summed E-state index contributed by atoms with van der Waals surface area (Å²) in [5, 5.41) is 2.94. The first-order valence-corrected chi connectivity index (χ1v) is 16.3. The molecule has 0 radical (unpaired) electrons. The lowest BCUT2D eigenvalue weighted by Gasteiger charge is -2.33. The molecule has 0 saturated heterocycles. The standard InChI is InChI=1S/C32H40BrN3O6S/c1-7-29(32(38)34-19-22(2)3)35(20-24-10-14-26(41-5)15-11-24)31(37)21-36(25-12-8-23(4)9-13-25)43(39,40)27-16-17-30(42-6)28(33)18-27/h8-18,22,29H,7,19-21H2,1-6H3,(H,34,38)/t29-/m1/s1. The first kappa shape index (κ1) is 33.9. The highest BCUT2D eigenvalue weighted by Crippen LogP contribution is 2.31. The Morgan fingerprint density at radius 3 is 2.14 bits per heavy atom. The fraction of sp³-hybridized carbons (Fsp3) is 0.375. The summed E-state index contributed by atoms with van der Waals surface area (Å²) in [4.78, 5) is 29.0. The quantitative estimate of drug-likeness (QED) is 0.241. The average molecular weight is 675 g/mol. The summed E-state index contributed by atoms with van der Waals surface area (Å²) >= 11 is 3.37. The van der Waals surface area contributed by atoms with Gasteiger partial charge >= 0.3 is 0 Å². The van der Waals surface area contributed by atoms with E-state index in [9.17, 15) is 18.0 Å². The first-order valence-electron chi connectivity index (χ1n) is 14.0. The normalized spacial score (nSPS) is 12.0. The van der Waals surface area contributed by atoms with E-state index >= 15 is 0 Å². The maximum atomic E-state index is 14.2. The number of nitrogens with one attached hydrogen (secondary N) is 1. The summed E-state index contributed by atoms with van der Waals surface area (Å²) in [6.45, 7) is 7.75. The fourth-order valence-electron chi connectivity index (χ4n) is 4.44. The van der Waals surface area contributed by atoms with Crippen molar-refractivity contribution in [2.24, 2.45) is 5.92 Å². The van der Waals surface area contributed by atoms with Crippen molar-refractivity contribution in [1.29, 1.82) is 0 Å². The predicted molar refractivity (Wildman–Crippen MR) is 172 cm³/mol. The van der Waals surface area contributed by atoms with Gasteiger partial charge in [0.05, 0.1) is 29.3 Å². The molecule has 0 saturated carbocycles. The lowest BCUT2D eigenvalue weighted by atomic mass is 10.1. The first-order chi connectivity index (χ1) is 20.4. The molecule has 0 aliphatic carbocycles. The van der Waals surface area contributed by atoms with E-state index in [1.165, 1.54) is 24.1 Å². The van der Waals surface area contributed by atoms with Crippen molar-refractivity contribution in [3.63, 3.8) is 0 Å². The number of rotatable bonds is 14. The number of amides is 2. The van der Waals surface area contributed by atoms with E-state index in [4.69, 9.17) is 9.47 Å². The molecule has 2 amide bonds. The van der Waals surface area contributed by atoms with Crippen molar-refractivity contribution >= 4 is 43.5 Å². The maximum absolute atomic E-state index is 14.2. The highest BCUT2D eigenvalue weighted by atomic mass is 79.9. The zero-order valence-electron chi connectivity index (χ0n) is 25.5. The lowest BCUT2D eigenvalue weighted by molar-refractivity contribution is -0.140. The van der Waals surface area contributed by atoms with E-state index in [0.29, 0.717) is 34.6 Å². The molecular formula is C32H40BrN3O6S. The monoisotopic (exact) mass is 673 g/mol. The number of benzene rings is 3. The molecule has 0 spiro atoms. The van der Waals surface area contributed by atoms with Crippen LogP contribution in [0.1, 0.15) is 38.3 Å². The van der Waals surface area contributed by atoms with Crippen molar-refractivity contribution < 1.29 is 27.5 Å². The van der Waals surface area contributed by atoms with Gasteiger partial charge in [0, 0.05) is 13.1 Å². The van der Waals surface area contributed by atoms with Crippen LogP contribution < -0.4 is 19.1 Å². The molecule has 3 aromatic carbocycles. The molecule has 11 heteroatoms. The SMILES string of the molecule is CC[C@H](C(=O)NCC(C)C)N(Cc1ccc(OC)cc1)C(=O)CN(c1ccc(C)cc1)S(=O)(=O)c1ccc(OC)c(Br)c1. The van der Waals surface area contributed by atoms with Crippen molar-refractivity contribution in [3.05, 3.63) is 82.3 Å². The van der Waals surface area contributed by atoms with E-state index in [2.05, 4.69) is 21.2 Å². The van der Waals surface area contributed by atoms with Gasteiger partial charge in [0.15, 0.2) is 0 Å². The number of halogens is 1. The Kier molecular flexibility index (Phi) is 12.0. The van der Waals surface area contributed by atoms with Gasteiger partial charge in [0.25, 0.3) is 10.0 Å². The molecule has 232 valence electrons. The van der Waals surface area contributed by atoms with Gasteiger partial charge in [-0.2, -0.15) is 0 Å². The van der Waals surface area contributed by atoms with E-state index in [1.54, 1.807) is 49.6 Å². The van der Waals surface area contributed by atoms with E-state index in [0.717, 1.165) is 15.4 Å². The molecule has 0 heterocycles. The maximum Gasteiger partial charge on any atom is 0.264 e. The van der Waals surface area contributed by atoms with Crippen molar-refractivity contribution in [3.8, 4) is 11.5 Å². The molecule has 0 aliphatic rings. The summed E-state index contributed by atoms with van der Waals surface area (Å²) in [6.07, 6.45) is 0.342. The van der Waals surface area contributed by atoms with Crippen LogP contribution in [-0.4, -0.2) is 58.5 Å². The topological polar surface area (TPSA) is 105 Å².